The molecule has 0 N–H and O–H groups in total. The van der Waals surface area contributed by atoms with Gasteiger partial charge in [-0.05, 0) is 115 Å². The van der Waals surface area contributed by atoms with Crippen LogP contribution in [-0.2, 0) is 18.3 Å². The van der Waals surface area contributed by atoms with Gasteiger partial charge in [0.25, 0.3) is 0 Å². The average molecular weight is 662 g/mol. The molecule has 0 bridgehead atoms. The highest BCUT2D eigenvalue weighted by molar-refractivity contribution is 6.99. The van der Waals surface area contributed by atoms with Crippen molar-refractivity contribution >= 4 is 51.1 Å². The maximum Gasteiger partial charge on any atom is 0.247 e. The minimum atomic E-state index is -0.137. The summed E-state index contributed by atoms with van der Waals surface area (Å²) in [7, 11) is 0. The van der Waals surface area contributed by atoms with Gasteiger partial charge in [-0.25, -0.2) is 15.0 Å². The molecule has 1 atom stereocenters. The lowest BCUT2D eigenvalue weighted by Crippen LogP contribution is -2.64. The lowest BCUT2D eigenvalue weighted by molar-refractivity contribution is 0.453. The Kier molecular flexibility index (Phi) is 7.02. The zero-order chi connectivity index (χ0) is 34.1. The molecule has 0 radical (unpaired) electrons. The van der Waals surface area contributed by atoms with Crippen molar-refractivity contribution in [3.63, 3.8) is 0 Å². The van der Waals surface area contributed by atoms with Crippen LogP contribution in [0, 0.1) is 0 Å². The van der Waals surface area contributed by atoms with Gasteiger partial charge in [-0.3, -0.25) is 0 Å². The maximum absolute atomic E-state index is 4.57. The summed E-state index contributed by atoms with van der Waals surface area (Å²) in [5.41, 5.74) is 17.3. The summed E-state index contributed by atoms with van der Waals surface area (Å²) in [4.78, 5) is 15.8. The Morgan fingerprint density at radius 1 is 0.706 bits per heavy atom. The first-order valence-corrected chi connectivity index (χ1v) is 18.7. The van der Waals surface area contributed by atoms with Crippen molar-refractivity contribution in [1.29, 1.82) is 0 Å². The van der Waals surface area contributed by atoms with E-state index in [0.29, 0.717) is 0 Å². The summed E-state index contributed by atoms with van der Waals surface area (Å²) in [5, 5.41) is 1.41. The monoisotopic (exact) mass is 661 g/mol. The van der Waals surface area contributed by atoms with Crippen molar-refractivity contribution in [3.05, 3.63) is 144 Å². The normalized spacial score (nSPS) is 17.1. The fourth-order valence-electron chi connectivity index (χ4n) is 9.99. The van der Waals surface area contributed by atoms with E-state index >= 15 is 0 Å². The van der Waals surface area contributed by atoms with Crippen LogP contribution in [-0.4, -0.2) is 26.2 Å². The van der Waals surface area contributed by atoms with E-state index in [9.17, 15) is 0 Å². The minimum Gasteiger partial charge on any atom is -0.313 e. The molecule has 3 aliphatic rings. The van der Waals surface area contributed by atoms with Crippen LogP contribution in [0.1, 0.15) is 68.3 Å². The fourth-order valence-corrected chi connectivity index (χ4v) is 9.99. The van der Waals surface area contributed by atoms with E-state index < -0.39 is 0 Å². The molecule has 51 heavy (non-hydrogen) atoms. The third kappa shape index (κ3) is 4.38. The third-order valence-electron chi connectivity index (χ3n) is 12.1. The number of benzene rings is 5. The fraction of sp³-hybridized carbons (Fsp3) is 0.222. The highest BCUT2D eigenvalue weighted by atomic mass is 15.2. The molecule has 2 aromatic heterocycles. The van der Waals surface area contributed by atoms with E-state index in [-0.39, 0.29) is 12.1 Å². The number of aryl methyl sites for hydroxylation is 1. The highest BCUT2D eigenvalue weighted by Gasteiger charge is 2.48. The van der Waals surface area contributed by atoms with E-state index in [2.05, 4.69) is 147 Å². The highest BCUT2D eigenvalue weighted by Crippen LogP contribution is 2.47. The van der Waals surface area contributed by atoms with Gasteiger partial charge in [-0.2, -0.15) is 0 Å². The van der Waals surface area contributed by atoms with Crippen molar-refractivity contribution in [2.24, 2.45) is 0 Å². The second kappa shape index (κ2) is 11.8. The predicted molar refractivity (Wildman–Crippen MR) is 210 cm³/mol. The summed E-state index contributed by atoms with van der Waals surface area (Å²) in [6, 6.07) is 41.4. The van der Waals surface area contributed by atoms with Crippen molar-refractivity contribution in [2.75, 3.05) is 4.90 Å². The number of para-hydroxylation sites is 2. The number of aromatic nitrogens is 4. The van der Waals surface area contributed by atoms with Crippen LogP contribution < -0.4 is 21.3 Å². The van der Waals surface area contributed by atoms with E-state index in [1.807, 2.05) is 0 Å². The van der Waals surface area contributed by atoms with Gasteiger partial charge in [0.05, 0.1) is 5.52 Å². The molecule has 7 aromatic rings. The van der Waals surface area contributed by atoms with Crippen LogP contribution in [0.25, 0.3) is 28.0 Å². The Morgan fingerprint density at radius 2 is 1.53 bits per heavy atom. The largest absolute Gasteiger partial charge is 0.313 e. The van der Waals surface area contributed by atoms with Gasteiger partial charge >= 0.3 is 0 Å². The Hall–Kier alpha value is -5.49. The molecule has 6 heteroatoms. The zero-order valence-electron chi connectivity index (χ0n) is 29.3. The first-order valence-electron chi connectivity index (χ1n) is 18.7. The molecule has 1 aliphatic carbocycles. The molecule has 1 unspecified atom stereocenters. The van der Waals surface area contributed by atoms with Crippen LogP contribution >= 0.6 is 0 Å². The molecular weight excluding hydrogens is 621 g/mol. The molecule has 5 aromatic carbocycles. The Balaban J connectivity index is 1.28. The molecule has 0 saturated carbocycles. The number of rotatable bonds is 6. The number of anilines is 3. The van der Waals surface area contributed by atoms with Crippen molar-refractivity contribution < 1.29 is 0 Å². The molecular formula is C45H40BN5. The summed E-state index contributed by atoms with van der Waals surface area (Å²) in [6.07, 6.45) is 11.1. The summed E-state index contributed by atoms with van der Waals surface area (Å²) in [5.74, 6) is 0.722. The van der Waals surface area contributed by atoms with Crippen LogP contribution in [0.3, 0.4) is 0 Å². The van der Waals surface area contributed by atoms with Gasteiger partial charge in [-0.15, -0.1) is 0 Å². The standard InChI is InChI=1S/C45H40BN5/c1-3-25-45(4-2)35-17-12-20-42-43(35)46(37-23-21-30(26-36(37)45)44-48-28-47-29-49-44)38-27-32(22-24-41(38)50(42)31-13-6-5-7-14-31)51-39-18-10-8-15-33(39)34-16-9-11-19-40(34)51/h5-8,10,12-15,17-18,20-24,26-29H,3-4,9,11,16,19,25H2,1-2H3. The Bertz CT molecular complexity index is 2450. The number of hydrogen-bond donors (Lipinski definition) is 0. The van der Waals surface area contributed by atoms with Gasteiger partial charge in [0.15, 0.2) is 5.82 Å². The number of hydrogen-bond acceptors (Lipinski definition) is 4. The summed E-state index contributed by atoms with van der Waals surface area (Å²) < 4.78 is 2.58. The van der Waals surface area contributed by atoms with E-state index in [0.717, 1.165) is 43.5 Å². The van der Waals surface area contributed by atoms with Crippen LogP contribution in [0.4, 0.5) is 17.1 Å². The second-order valence-electron chi connectivity index (χ2n) is 14.5. The van der Waals surface area contributed by atoms with E-state index in [1.165, 1.54) is 85.3 Å². The van der Waals surface area contributed by atoms with Crippen LogP contribution in [0.15, 0.2) is 122 Å². The first-order chi connectivity index (χ1) is 25.2. The van der Waals surface area contributed by atoms with Crippen LogP contribution in [0.2, 0.25) is 0 Å². The lowest BCUT2D eigenvalue weighted by atomic mass is 9.29. The van der Waals surface area contributed by atoms with Gasteiger partial charge < -0.3 is 9.47 Å². The molecule has 0 amide bonds. The van der Waals surface area contributed by atoms with Gasteiger partial charge in [0.2, 0.25) is 6.71 Å². The van der Waals surface area contributed by atoms with E-state index in [4.69, 9.17) is 0 Å². The second-order valence-corrected chi connectivity index (χ2v) is 14.5. The molecule has 0 saturated heterocycles. The smallest absolute Gasteiger partial charge is 0.247 e. The number of fused-ring (bicyclic) bond motifs is 7. The van der Waals surface area contributed by atoms with Gasteiger partial charge in [0.1, 0.15) is 12.7 Å². The maximum atomic E-state index is 4.57. The first kappa shape index (κ1) is 30.3. The molecule has 0 fully saturated rings. The quantitative estimate of drug-likeness (QED) is 0.168. The summed E-state index contributed by atoms with van der Waals surface area (Å²) in [6.45, 7) is 4.79. The molecule has 248 valence electrons. The SMILES string of the molecule is CCCC1(CC)c2cc(-c3ncncn3)ccc2B2c3cc(-n4c5c(c6ccccc64)CCCC5)ccc3N(c3ccccc3)c3cccc1c32. The topological polar surface area (TPSA) is 46.8 Å². The van der Waals surface area contributed by atoms with Crippen molar-refractivity contribution in [3.8, 4) is 17.1 Å². The van der Waals surface area contributed by atoms with Gasteiger partial charge in [-0.1, -0.05) is 86.4 Å². The number of nitrogens with zero attached hydrogens (tertiary/aromatic N) is 5. The Morgan fingerprint density at radius 3 is 2.37 bits per heavy atom. The van der Waals surface area contributed by atoms with E-state index in [1.54, 1.807) is 12.7 Å². The average Bonchev–Trinajstić information content (AvgIpc) is 3.53. The molecule has 10 rings (SSSR count). The third-order valence-corrected chi connectivity index (χ3v) is 12.1. The Labute approximate surface area is 300 Å². The van der Waals surface area contributed by atoms with Crippen molar-refractivity contribution in [1.82, 2.24) is 19.5 Å². The molecule has 2 aliphatic heterocycles. The van der Waals surface area contributed by atoms with Crippen molar-refractivity contribution in [2.45, 2.75) is 64.2 Å². The van der Waals surface area contributed by atoms with Gasteiger partial charge in [0, 0.05) is 44.8 Å². The lowest BCUT2D eigenvalue weighted by Gasteiger charge is -2.48. The minimum absolute atomic E-state index is 0.0858. The van der Waals surface area contributed by atoms with Crippen LogP contribution in [0.5, 0.6) is 0 Å². The summed E-state index contributed by atoms with van der Waals surface area (Å²) >= 11 is 0. The molecule has 4 heterocycles. The molecule has 0 spiro atoms. The molecule has 5 nitrogen and oxygen atoms in total. The predicted octanol–water partition coefficient (Wildman–Crippen LogP) is 8.47. The zero-order valence-corrected chi connectivity index (χ0v) is 29.3.